The van der Waals surface area contributed by atoms with Gasteiger partial charge < -0.3 is 5.11 Å². The van der Waals surface area contributed by atoms with E-state index in [1.165, 1.54) is 9.75 Å². The smallest absolute Gasteiger partial charge is 0.335 e. The molecule has 0 aliphatic heterocycles. The molecule has 0 bridgehead atoms. The number of aromatic carboxylic acids is 1. The van der Waals surface area contributed by atoms with Crippen LogP contribution in [0.5, 0.6) is 0 Å². The average molecular weight is 287 g/mol. The maximum atomic E-state index is 11.0. The third-order valence-corrected chi connectivity index (χ3v) is 4.43. The van der Waals surface area contributed by atoms with Crippen LogP contribution in [0.4, 0.5) is 0 Å². The van der Waals surface area contributed by atoms with Gasteiger partial charge >= 0.3 is 5.97 Å². The maximum Gasteiger partial charge on any atom is 0.335 e. The second-order valence-corrected chi connectivity index (χ2v) is 5.99. The van der Waals surface area contributed by atoms with Crippen LogP contribution >= 0.6 is 11.3 Å². The van der Waals surface area contributed by atoms with Crippen molar-refractivity contribution in [2.45, 2.75) is 19.9 Å². The van der Waals surface area contributed by atoms with Gasteiger partial charge in [-0.25, -0.2) is 9.48 Å². The van der Waals surface area contributed by atoms with Gasteiger partial charge in [0.05, 0.1) is 17.1 Å². The highest BCUT2D eigenvalue weighted by molar-refractivity contribution is 7.12. The monoisotopic (exact) mass is 287 g/mol. The van der Waals surface area contributed by atoms with Gasteiger partial charge in [0.25, 0.3) is 0 Å². The summed E-state index contributed by atoms with van der Waals surface area (Å²) in [6, 6.07) is 9.14. The molecule has 102 valence electrons. The topological polar surface area (TPSA) is 68.0 Å². The largest absolute Gasteiger partial charge is 0.478 e. The molecule has 5 nitrogen and oxygen atoms in total. The summed E-state index contributed by atoms with van der Waals surface area (Å²) in [4.78, 5) is 13.4. The van der Waals surface area contributed by atoms with Crippen LogP contribution in [0.15, 0.2) is 30.3 Å². The number of carbonyl (C=O) groups is 1. The summed E-state index contributed by atoms with van der Waals surface area (Å²) in [5.74, 6) is -0.955. The molecule has 2 heterocycles. The van der Waals surface area contributed by atoms with E-state index in [0.29, 0.717) is 5.52 Å². The number of carboxylic acid groups (broad SMARTS) is 1. The van der Waals surface area contributed by atoms with Crippen molar-refractivity contribution in [1.82, 2.24) is 15.0 Å². The molecule has 1 atom stereocenters. The van der Waals surface area contributed by atoms with Gasteiger partial charge in [-0.2, -0.15) is 0 Å². The van der Waals surface area contributed by atoms with E-state index in [-0.39, 0.29) is 11.6 Å². The molecule has 0 aliphatic rings. The fourth-order valence-electron chi connectivity index (χ4n) is 2.16. The van der Waals surface area contributed by atoms with E-state index < -0.39 is 5.97 Å². The summed E-state index contributed by atoms with van der Waals surface area (Å²) in [6.07, 6.45) is 0. The first-order valence-electron chi connectivity index (χ1n) is 6.21. The van der Waals surface area contributed by atoms with E-state index in [4.69, 9.17) is 5.11 Å². The number of fused-ring (bicyclic) bond motifs is 1. The molecular formula is C14H13N3O2S. The molecule has 20 heavy (non-hydrogen) atoms. The molecule has 0 spiro atoms. The molecular weight excluding hydrogens is 274 g/mol. The summed E-state index contributed by atoms with van der Waals surface area (Å²) in [5, 5.41) is 17.2. The number of carboxylic acids is 1. The predicted octanol–water partition coefficient (Wildman–Crippen LogP) is 3.11. The van der Waals surface area contributed by atoms with E-state index in [9.17, 15) is 4.79 Å². The lowest BCUT2D eigenvalue weighted by molar-refractivity contribution is 0.0697. The molecule has 1 N–H and O–H groups in total. The minimum absolute atomic E-state index is 0.0781. The van der Waals surface area contributed by atoms with Crippen molar-refractivity contribution in [3.8, 4) is 0 Å². The number of hydrogen-bond donors (Lipinski definition) is 1. The van der Waals surface area contributed by atoms with Crippen LogP contribution in [-0.2, 0) is 0 Å². The van der Waals surface area contributed by atoms with E-state index in [2.05, 4.69) is 36.3 Å². The molecule has 0 saturated heterocycles. The van der Waals surface area contributed by atoms with Crippen molar-refractivity contribution >= 4 is 28.3 Å². The number of rotatable bonds is 3. The maximum absolute atomic E-state index is 11.0. The van der Waals surface area contributed by atoms with E-state index in [1.807, 2.05) is 4.68 Å². The van der Waals surface area contributed by atoms with E-state index in [1.54, 1.807) is 29.5 Å². The zero-order valence-electron chi connectivity index (χ0n) is 11.1. The van der Waals surface area contributed by atoms with Gasteiger partial charge in [0.15, 0.2) is 0 Å². The lowest BCUT2D eigenvalue weighted by Gasteiger charge is -2.10. The Labute approximate surface area is 119 Å². The standard InChI is InChI=1S/C14H13N3O2S/c1-8-3-6-13(20-8)9(2)17-12-5-4-10(14(18)19)7-11(12)15-16-17/h3-7,9H,1-2H3,(H,18,19). The third-order valence-electron chi connectivity index (χ3n) is 3.26. The summed E-state index contributed by atoms with van der Waals surface area (Å²) in [7, 11) is 0. The Morgan fingerprint density at radius 2 is 2.15 bits per heavy atom. The highest BCUT2D eigenvalue weighted by Crippen LogP contribution is 2.27. The van der Waals surface area contributed by atoms with Crippen molar-refractivity contribution in [1.29, 1.82) is 0 Å². The van der Waals surface area contributed by atoms with E-state index >= 15 is 0 Å². The number of aryl methyl sites for hydroxylation is 1. The van der Waals surface area contributed by atoms with Crippen LogP contribution in [0.3, 0.4) is 0 Å². The predicted molar refractivity (Wildman–Crippen MR) is 77.4 cm³/mol. The summed E-state index contributed by atoms with van der Waals surface area (Å²) < 4.78 is 1.83. The average Bonchev–Trinajstić information content (AvgIpc) is 3.03. The van der Waals surface area contributed by atoms with Crippen LogP contribution in [-0.4, -0.2) is 26.1 Å². The molecule has 2 aromatic heterocycles. The van der Waals surface area contributed by atoms with Crippen molar-refractivity contribution in [3.05, 3.63) is 45.6 Å². The molecule has 6 heteroatoms. The van der Waals surface area contributed by atoms with Crippen LogP contribution in [0.2, 0.25) is 0 Å². The number of hydrogen-bond acceptors (Lipinski definition) is 4. The van der Waals surface area contributed by atoms with Gasteiger partial charge in [0, 0.05) is 9.75 Å². The molecule has 0 saturated carbocycles. The number of nitrogens with zero attached hydrogens (tertiary/aromatic N) is 3. The van der Waals surface area contributed by atoms with Gasteiger partial charge in [0.2, 0.25) is 0 Å². The molecule has 3 rings (SSSR count). The van der Waals surface area contributed by atoms with Crippen molar-refractivity contribution < 1.29 is 9.90 Å². The van der Waals surface area contributed by atoms with Gasteiger partial charge in [-0.15, -0.1) is 16.4 Å². The second kappa shape index (κ2) is 4.72. The van der Waals surface area contributed by atoms with E-state index in [0.717, 1.165) is 5.52 Å². The summed E-state index contributed by atoms with van der Waals surface area (Å²) >= 11 is 1.73. The number of aromatic nitrogens is 3. The fourth-order valence-corrected chi connectivity index (χ4v) is 3.07. The molecule has 0 aliphatic carbocycles. The molecule has 1 aromatic carbocycles. The Bertz CT molecular complexity index is 791. The minimum atomic E-state index is -0.955. The van der Waals surface area contributed by atoms with Crippen molar-refractivity contribution in [2.24, 2.45) is 0 Å². The van der Waals surface area contributed by atoms with Gasteiger partial charge in [-0.3, -0.25) is 0 Å². The summed E-state index contributed by atoms with van der Waals surface area (Å²) in [5.41, 5.74) is 1.67. The first-order valence-corrected chi connectivity index (χ1v) is 7.02. The Balaban J connectivity index is 2.06. The number of benzene rings is 1. The van der Waals surface area contributed by atoms with Gasteiger partial charge in [-0.05, 0) is 44.2 Å². The molecule has 0 radical (unpaired) electrons. The third kappa shape index (κ3) is 2.08. The molecule has 3 aromatic rings. The Morgan fingerprint density at radius 3 is 2.80 bits per heavy atom. The van der Waals surface area contributed by atoms with Crippen molar-refractivity contribution in [2.75, 3.05) is 0 Å². The normalized spacial score (nSPS) is 12.7. The highest BCUT2D eigenvalue weighted by atomic mass is 32.1. The Hall–Kier alpha value is -2.21. The van der Waals surface area contributed by atoms with Crippen LogP contribution in [0.25, 0.3) is 11.0 Å². The van der Waals surface area contributed by atoms with Gasteiger partial charge in [-0.1, -0.05) is 5.21 Å². The van der Waals surface area contributed by atoms with Gasteiger partial charge in [0.1, 0.15) is 5.52 Å². The first-order chi connectivity index (χ1) is 9.56. The highest BCUT2D eigenvalue weighted by Gasteiger charge is 2.15. The van der Waals surface area contributed by atoms with Crippen LogP contribution in [0.1, 0.15) is 33.1 Å². The zero-order valence-corrected chi connectivity index (χ0v) is 11.9. The Kier molecular flexibility index (Phi) is 3.02. The first kappa shape index (κ1) is 12.8. The zero-order chi connectivity index (χ0) is 14.3. The second-order valence-electron chi connectivity index (χ2n) is 4.67. The minimum Gasteiger partial charge on any atom is -0.478 e. The van der Waals surface area contributed by atoms with Crippen molar-refractivity contribution in [3.63, 3.8) is 0 Å². The Morgan fingerprint density at radius 1 is 1.35 bits per heavy atom. The number of thiophene rings is 1. The fraction of sp³-hybridized carbons (Fsp3) is 0.214. The SMILES string of the molecule is Cc1ccc(C(C)n2nnc3cc(C(=O)O)ccc32)s1. The lowest BCUT2D eigenvalue weighted by Crippen LogP contribution is -2.07. The summed E-state index contributed by atoms with van der Waals surface area (Å²) in [6.45, 7) is 4.13. The molecule has 0 amide bonds. The quantitative estimate of drug-likeness (QED) is 0.803. The molecule has 0 fully saturated rings. The lowest BCUT2D eigenvalue weighted by atomic mass is 10.2. The van der Waals surface area contributed by atoms with Crippen LogP contribution in [0, 0.1) is 6.92 Å². The van der Waals surface area contributed by atoms with Crippen LogP contribution < -0.4 is 0 Å². The molecule has 1 unspecified atom stereocenters.